The molecule has 0 unspecified atom stereocenters. The molecule has 1 saturated carbocycles. The number of amides is 1. The lowest BCUT2D eigenvalue weighted by atomic mass is 9.99. The van der Waals surface area contributed by atoms with E-state index in [0.717, 1.165) is 12.8 Å². The number of guanidine groups is 1. The van der Waals surface area contributed by atoms with Crippen molar-refractivity contribution in [3.63, 3.8) is 0 Å². The maximum Gasteiger partial charge on any atom is 0.271 e. The van der Waals surface area contributed by atoms with Gasteiger partial charge in [0.25, 0.3) is 5.91 Å². The Bertz CT molecular complexity index is 645. The summed E-state index contributed by atoms with van der Waals surface area (Å²) in [5.74, 6) is -0.252. The molecule has 0 heterocycles. The monoisotopic (exact) mass is 300 g/mol. The lowest BCUT2D eigenvalue weighted by Crippen LogP contribution is -2.34. The van der Waals surface area contributed by atoms with Crippen LogP contribution in [0, 0.1) is 6.92 Å². The van der Waals surface area contributed by atoms with E-state index < -0.39 is 5.91 Å². The fraction of sp³-hybridized carbons (Fsp3) is 0.312. The smallest absolute Gasteiger partial charge is 0.271 e. The summed E-state index contributed by atoms with van der Waals surface area (Å²) in [5, 5.41) is 11.9. The van der Waals surface area contributed by atoms with Crippen molar-refractivity contribution in [2.75, 3.05) is 0 Å². The number of hydroxylamine groups is 1. The number of aryl methyl sites for hydroxylation is 1. The van der Waals surface area contributed by atoms with Crippen molar-refractivity contribution in [1.29, 1.82) is 0 Å². The fourth-order valence-electron chi connectivity index (χ4n) is 2.33. The minimum atomic E-state index is -0.604. The predicted octanol–water partition coefficient (Wildman–Crippen LogP) is 2.04. The molecule has 0 aromatic heterocycles. The van der Waals surface area contributed by atoms with E-state index in [9.17, 15) is 4.79 Å². The second-order valence-electron chi connectivity index (χ2n) is 5.39. The number of nitrogens with one attached hydrogen (secondary N) is 2. The van der Waals surface area contributed by atoms with E-state index in [4.69, 9.17) is 5.21 Å². The molecule has 0 spiro atoms. The number of rotatable bonds is 4. The molecular formula is C16H20N4O2. The van der Waals surface area contributed by atoms with Gasteiger partial charge in [0.2, 0.25) is 5.96 Å². The Morgan fingerprint density at radius 3 is 2.64 bits per heavy atom. The van der Waals surface area contributed by atoms with E-state index in [1.807, 2.05) is 12.1 Å². The van der Waals surface area contributed by atoms with E-state index in [1.54, 1.807) is 12.4 Å². The maximum absolute atomic E-state index is 11.2. The Kier molecular flexibility index (Phi) is 4.72. The first-order valence-corrected chi connectivity index (χ1v) is 7.02. The van der Waals surface area contributed by atoms with Gasteiger partial charge in [-0.2, -0.15) is 0 Å². The first-order valence-electron chi connectivity index (χ1n) is 7.02. The Morgan fingerprint density at radius 2 is 2.09 bits per heavy atom. The molecule has 1 amide bonds. The lowest BCUT2D eigenvalue weighted by molar-refractivity contribution is -0.125. The molecule has 116 valence electrons. The summed E-state index contributed by atoms with van der Waals surface area (Å²) in [7, 11) is 0. The van der Waals surface area contributed by atoms with Crippen molar-refractivity contribution in [2.24, 2.45) is 9.98 Å². The van der Waals surface area contributed by atoms with Crippen LogP contribution in [0.1, 0.15) is 30.9 Å². The summed E-state index contributed by atoms with van der Waals surface area (Å²) in [6.45, 7) is 7.13. The van der Waals surface area contributed by atoms with Crippen LogP contribution >= 0.6 is 0 Å². The molecule has 1 aliphatic carbocycles. The summed E-state index contributed by atoms with van der Waals surface area (Å²) in [4.78, 5) is 19.2. The van der Waals surface area contributed by atoms with Gasteiger partial charge in [0.1, 0.15) is 0 Å². The van der Waals surface area contributed by atoms with Crippen LogP contribution in [-0.2, 0) is 10.3 Å². The normalized spacial score (nSPS) is 16.9. The minimum Gasteiger partial charge on any atom is -0.345 e. The average Bonchev–Trinajstić information content (AvgIpc) is 3.31. The van der Waals surface area contributed by atoms with Gasteiger partial charge >= 0.3 is 0 Å². The molecule has 0 bridgehead atoms. The number of benzene rings is 1. The van der Waals surface area contributed by atoms with Crippen molar-refractivity contribution in [3.05, 3.63) is 47.2 Å². The van der Waals surface area contributed by atoms with Crippen LogP contribution in [0.2, 0.25) is 0 Å². The van der Waals surface area contributed by atoms with Crippen LogP contribution in [0.15, 0.2) is 46.0 Å². The van der Waals surface area contributed by atoms with E-state index in [-0.39, 0.29) is 11.1 Å². The van der Waals surface area contributed by atoms with E-state index >= 15 is 0 Å². The van der Waals surface area contributed by atoms with Crippen molar-refractivity contribution in [3.8, 4) is 0 Å². The summed E-state index contributed by atoms with van der Waals surface area (Å²) in [6, 6.07) is 8.19. The average molecular weight is 300 g/mol. The molecule has 0 saturated heterocycles. The van der Waals surface area contributed by atoms with E-state index in [0.29, 0.717) is 5.96 Å². The number of carbonyl (C=O) groups is 1. The van der Waals surface area contributed by atoms with Crippen molar-refractivity contribution in [2.45, 2.75) is 32.2 Å². The van der Waals surface area contributed by atoms with Gasteiger partial charge in [0, 0.05) is 11.8 Å². The van der Waals surface area contributed by atoms with E-state index in [1.165, 1.54) is 17.3 Å². The molecule has 6 nitrogen and oxygen atoms in total. The molecule has 1 aromatic rings. The van der Waals surface area contributed by atoms with Crippen molar-refractivity contribution in [1.82, 2.24) is 10.8 Å². The second-order valence-corrected chi connectivity index (χ2v) is 5.39. The zero-order valence-corrected chi connectivity index (χ0v) is 12.8. The van der Waals surface area contributed by atoms with Crippen LogP contribution in [0.4, 0.5) is 0 Å². The highest BCUT2D eigenvalue weighted by atomic mass is 16.5. The zero-order valence-electron chi connectivity index (χ0n) is 12.8. The topological polar surface area (TPSA) is 86.1 Å². The quantitative estimate of drug-likeness (QED) is 0.261. The van der Waals surface area contributed by atoms with Crippen molar-refractivity contribution >= 4 is 18.6 Å². The summed E-state index contributed by atoms with van der Waals surface area (Å²) < 4.78 is 0. The molecule has 2 rings (SSSR count). The van der Waals surface area contributed by atoms with Gasteiger partial charge in [-0.15, -0.1) is 0 Å². The standard InChI is InChI=1S/C16H20N4O2/c1-11-6-4-5-7-13(11)16(8-9-16)19-15(17-3)18-10-12(2)14(21)20-22/h4-7,10,22H,3,8-9H2,1-2H3,(H,18,19)(H,20,21)/b12-10+. The third-order valence-electron chi connectivity index (χ3n) is 3.75. The highest BCUT2D eigenvalue weighted by Gasteiger charge is 2.45. The highest BCUT2D eigenvalue weighted by Crippen LogP contribution is 2.46. The number of hydrogen-bond donors (Lipinski definition) is 3. The summed E-state index contributed by atoms with van der Waals surface area (Å²) >= 11 is 0. The Morgan fingerprint density at radius 1 is 1.41 bits per heavy atom. The molecule has 6 heteroatoms. The molecule has 1 aliphatic rings. The third kappa shape index (κ3) is 3.40. The number of hydrogen-bond acceptors (Lipinski definition) is 3. The molecule has 0 radical (unpaired) electrons. The van der Waals surface area contributed by atoms with Crippen LogP contribution < -0.4 is 10.8 Å². The number of nitrogens with zero attached hydrogens (tertiary/aromatic N) is 2. The van der Waals surface area contributed by atoms with Gasteiger partial charge in [-0.3, -0.25) is 10.0 Å². The molecule has 1 fully saturated rings. The Labute approximate surface area is 129 Å². The van der Waals surface area contributed by atoms with Gasteiger partial charge in [0.05, 0.1) is 5.54 Å². The first kappa shape index (κ1) is 15.9. The largest absolute Gasteiger partial charge is 0.345 e. The molecular weight excluding hydrogens is 280 g/mol. The number of carbonyl (C=O) groups excluding carboxylic acids is 1. The molecule has 0 aliphatic heterocycles. The Hall–Kier alpha value is -2.47. The molecule has 0 atom stereocenters. The van der Waals surface area contributed by atoms with Gasteiger partial charge in [0.15, 0.2) is 0 Å². The first-order chi connectivity index (χ1) is 10.5. The zero-order chi connectivity index (χ0) is 16.2. The van der Waals surface area contributed by atoms with Gasteiger partial charge in [-0.1, -0.05) is 24.3 Å². The fourth-order valence-corrected chi connectivity index (χ4v) is 2.33. The maximum atomic E-state index is 11.2. The third-order valence-corrected chi connectivity index (χ3v) is 3.75. The lowest BCUT2D eigenvalue weighted by Gasteiger charge is -2.20. The predicted molar refractivity (Wildman–Crippen MR) is 85.9 cm³/mol. The minimum absolute atomic E-state index is 0.160. The van der Waals surface area contributed by atoms with Crippen LogP contribution in [0.25, 0.3) is 0 Å². The van der Waals surface area contributed by atoms with Crippen molar-refractivity contribution < 1.29 is 10.0 Å². The van der Waals surface area contributed by atoms with Gasteiger partial charge < -0.3 is 5.32 Å². The highest BCUT2D eigenvalue weighted by molar-refractivity contribution is 5.92. The van der Waals surface area contributed by atoms with Crippen LogP contribution in [0.5, 0.6) is 0 Å². The number of aliphatic imine (C=N–C) groups is 2. The molecule has 3 N–H and O–H groups in total. The van der Waals surface area contributed by atoms with Gasteiger partial charge in [-0.25, -0.2) is 15.5 Å². The summed E-state index contributed by atoms with van der Waals surface area (Å²) in [6.07, 6.45) is 3.33. The van der Waals surface area contributed by atoms with Gasteiger partial charge in [-0.05, 0) is 44.5 Å². The summed E-state index contributed by atoms with van der Waals surface area (Å²) in [5.41, 5.74) is 4.10. The SMILES string of the molecule is C=N/C(=N\C=C(/C)C(=O)NO)NC1(c2ccccc2C)CC1. The molecule has 22 heavy (non-hydrogen) atoms. The van der Waals surface area contributed by atoms with E-state index in [2.05, 4.69) is 41.1 Å². The second kappa shape index (κ2) is 6.53. The van der Waals surface area contributed by atoms with Crippen LogP contribution in [-0.4, -0.2) is 23.8 Å². The van der Waals surface area contributed by atoms with Crippen LogP contribution in [0.3, 0.4) is 0 Å². The Balaban J connectivity index is 2.19. The molecule has 1 aromatic carbocycles.